The second-order valence-corrected chi connectivity index (χ2v) is 3.85. The third-order valence-corrected chi connectivity index (χ3v) is 2.31. The van der Waals surface area contributed by atoms with Crippen LogP contribution in [0.25, 0.3) is 0 Å². The highest BCUT2D eigenvalue weighted by Crippen LogP contribution is 2.18. The first-order chi connectivity index (χ1) is 8.44. The summed E-state index contributed by atoms with van der Waals surface area (Å²) in [5.41, 5.74) is 0.715. The predicted molar refractivity (Wildman–Crippen MR) is 62.2 cm³/mol. The summed E-state index contributed by atoms with van der Waals surface area (Å²) < 4.78 is 37.0. The van der Waals surface area contributed by atoms with Crippen LogP contribution in [0.2, 0.25) is 0 Å². The van der Waals surface area contributed by atoms with Gasteiger partial charge in [-0.15, -0.1) is 0 Å². The number of nitrogens with one attached hydrogen (secondary N) is 1. The van der Waals surface area contributed by atoms with Crippen molar-refractivity contribution in [1.29, 1.82) is 0 Å². The van der Waals surface area contributed by atoms with E-state index in [0.29, 0.717) is 11.4 Å². The standard InChI is InChI=1S/C11H16F3N3O/c1-15-10-6-9(2-3-16-10)7-17(4-5-18)8-11(12,13)14/h2-3,6,18H,4-5,7-8H2,1H3,(H,15,16). The molecule has 18 heavy (non-hydrogen) atoms. The van der Waals surface area contributed by atoms with Crippen molar-refractivity contribution in [2.75, 3.05) is 32.1 Å². The lowest BCUT2D eigenvalue weighted by Crippen LogP contribution is -2.35. The minimum Gasteiger partial charge on any atom is -0.395 e. The molecular weight excluding hydrogens is 247 g/mol. The summed E-state index contributed by atoms with van der Waals surface area (Å²) in [5, 5.41) is 11.6. The number of aromatic nitrogens is 1. The van der Waals surface area contributed by atoms with Gasteiger partial charge in [-0.05, 0) is 17.7 Å². The van der Waals surface area contributed by atoms with Gasteiger partial charge in [0.1, 0.15) is 5.82 Å². The molecule has 0 aliphatic rings. The molecule has 1 aromatic rings. The van der Waals surface area contributed by atoms with Crippen molar-refractivity contribution in [2.45, 2.75) is 12.7 Å². The van der Waals surface area contributed by atoms with Crippen molar-refractivity contribution in [3.63, 3.8) is 0 Å². The van der Waals surface area contributed by atoms with Crippen molar-refractivity contribution < 1.29 is 18.3 Å². The van der Waals surface area contributed by atoms with Crippen molar-refractivity contribution in [1.82, 2.24) is 9.88 Å². The molecule has 0 saturated carbocycles. The van der Waals surface area contributed by atoms with Gasteiger partial charge in [-0.25, -0.2) is 4.98 Å². The van der Waals surface area contributed by atoms with Gasteiger partial charge in [0.15, 0.2) is 0 Å². The fraction of sp³-hybridized carbons (Fsp3) is 0.545. The molecule has 0 aliphatic carbocycles. The lowest BCUT2D eigenvalue weighted by Gasteiger charge is -2.22. The van der Waals surface area contributed by atoms with Crippen LogP contribution >= 0.6 is 0 Å². The van der Waals surface area contributed by atoms with E-state index in [1.54, 1.807) is 19.2 Å². The maximum absolute atomic E-state index is 12.3. The number of nitrogens with zero attached hydrogens (tertiary/aromatic N) is 2. The van der Waals surface area contributed by atoms with E-state index in [4.69, 9.17) is 5.11 Å². The highest BCUT2D eigenvalue weighted by Gasteiger charge is 2.30. The quantitative estimate of drug-likeness (QED) is 0.816. The van der Waals surface area contributed by atoms with Gasteiger partial charge in [0.05, 0.1) is 13.2 Å². The summed E-state index contributed by atoms with van der Waals surface area (Å²) in [6, 6.07) is 3.34. The van der Waals surface area contributed by atoms with E-state index in [2.05, 4.69) is 10.3 Å². The number of anilines is 1. The molecule has 0 radical (unpaired) electrons. The van der Waals surface area contributed by atoms with Crippen LogP contribution < -0.4 is 5.32 Å². The number of aliphatic hydroxyl groups is 1. The number of pyridine rings is 1. The molecule has 1 heterocycles. The van der Waals surface area contributed by atoms with Gasteiger partial charge in [0, 0.05) is 26.3 Å². The molecule has 0 amide bonds. The van der Waals surface area contributed by atoms with E-state index in [-0.39, 0.29) is 19.7 Å². The van der Waals surface area contributed by atoms with Gasteiger partial charge in [0.2, 0.25) is 0 Å². The SMILES string of the molecule is CNc1cc(CN(CCO)CC(F)(F)F)ccn1. The van der Waals surface area contributed by atoms with Gasteiger partial charge in [0.25, 0.3) is 0 Å². The topological polar surface area (TPSA) is 48.4 Å². The van der Waals surface area contributed by atoms with Gasteiger partial charge in [-0.1, -0.05) is 0 Å². The van der Waals surface area contributed by atoms with Crippen LogP contribution in [0.1, 0.15) is 5.56 Å². The van der Waals surface area contributed by atoms with Crippen LogP contribution in [0, 0.1) is 0 Å². The lowest BCUT2D eigenvalue weighted by atomic mass is 10.2. The normalized spacial score (nSPS) is 11.9. The van der Waals surface area contributed by atoms with Gasteiger partial charge in [-0.2, -0.15) is 13.2 Å². The minimum atomic E-state index is -4.27. The van der Waals surface area contributed by atoms with Gasteiger partial charge >= 0.3 is 6.18 Å². The first-order valence-corrected chi connectivity index (χ1v) is 5.47. The first kappa shape index (κ1) is 14.7. The molecule has 0 unspecified atom stereocenters. The summed E-state index contributed by atoms with van der Waals surface area (Å²) in [6.07, 6.45) is -2.74. The number of rotatable bonds is 6. The van der Waals surface area contributed by atoms with Crippen molar-refractivity contribution >= 4 is 5.82 Å². The summed E-state index contributed by atoms with van der Waals surface area (Å²) in [6.45, 7) is -1.24. The molecule has 1 rings (SSSR count). The second-order valence-electron chi connectivity index (χ2n) is 3.85. The van der Waals surface area contributed by atoms with E-state index in [1.807, 2.05) is 0 Å². The zero-order valence-corrected chi connectivity index (χ0v) is 10.0. The fourth-order valence-corrected chi connectivity index (χ4v) is 1.58. The first-order valence-electron chi connectivity index (χ1n) is 5.47. The summed E-state index contributed by atoms with van der Waals surface area (Å²) in [5.74, 6) is 0.600. The Balaban J connectivity index is 2.69. The fourth-order valence-electron chi connectivity index (χ4n) is 1.58. The van der Waals surface area contributed by atoms with E-state index in [1.165, 1.54) is 6.20 Å². The Bertz CT molecular complexity index is 371. The number of halogens is 3. The molecule has 0 fully saturated rings. The highest BCUT2D eigenvalue weighted by molar-refractivity contribution is 5.36. The lowest BCUT2D eigenvalue weighted by molar-refractivity contribution is -0.147. The van der Waals surface area contributed by atoms with E-state index in [9.17, 15) is 13.2 Å². The number of hydrogen-bond donors (Lipinski definition) is 2. The molecule has 0 saturated heterocycles. The maximum atomic E-state index is 12.3. The number of alkyl halides is 3. The third kappa shape index (κ3) is 5.33. The summed E-state index contributed by atoms with van der Waals surface area (Å²) in [7, 11) is 1.69. The zero-order valence-electron chi connectivity index (χ0n) is 10.0. The molecule has 0 spiro atoms. The van der Waals surface area contributed by atoms with Gasteiger partial charge < -0.3 is 10.4 Å². The smallest absolute Gasteiger partial charge is 0.395 e. The summed E-state index contributed by atoms with van der Waals surface area (Å²) >= 11 is 0. The Kier molecular flexibility index (Phi) is 5.36. The van der Waals surface area contributed by atoms with E-state index in [0.717, 1.165) is 4.90 Å². The van der Waals surface area contributed by atoms with Crippen LogP contribution in [0.3, 0.4) is 0 Å². The molecule has 1 aromatic heterocycles. The average molecular weight is 263 g/mol. The highest BCUT2D eigenvalue weighted by atomic mass is 19.4. The van der Waals surface area contributed by atoms with E-state index >= 15 is 0 Å². The molecule has 2 N–H and O–H groups in total. The molecule has 0 aliphatic heterocycles. The Labute approximate surface area is 103 Å². The zero-order chi connectivity index (χ0) is 13.6. The van der Waals surface area contributed by atoms with Crippen molar-refractivity contribution in [3.05, 3.63) is 23.9 Å². The summed E-state index contributed by atoms with van der Waals surface area (Å²) in [4.78, 5) is 5.13. The van der Waals surface area contributed by atoms with Gasteiger partial charge in [-0.3, -0.25) is 4.90 Å². The van der Waals surface area contributed by atoms with Crippen LogP contribution in [0.5, 0.6) is 0 Å². The molecule has 0 bridgehead atoms. The average Bonchev–Trinajstić information content (AvgIpc) is 2.27. The van der Waals surface area contributed by atoms with Crippen LogP contribution in [-0.4, -0.2) is 47.9 Å². The maximum Gasteiger partial charge on any atom is 0.401 e. The van der Waals surface area contributed by atoms with Crippen molar-refractivity contribution in [3.8, 4) is 0 Å². The largest absolute Gasteiger partial charge is 0.401 e. The molecule has 7 heteroatoms. The Morgan fingerprint density at radius 2 is 2.17 bits per heavy atom. The Hall–Kier alpha value is -1.34. The Morgan fingerprint density at radius 3 is 2.72 bits per heavy atom. The van der Waals surface area contributed by atoms with E-state index < -0.39 is 12.7 Å². The van der Waals surface area contributed by atoms with Crippen LogP contribution in [-0.2, 0) is 6.54 Å². The molecule has 0 aromatic carbocycles. The second kappa shape index (κ2) is 6.55. The number of aliphatic hydroxyl groups excluding tert-OH is 1. The monoisotopic (exact) mass is 263 g/mol. The molecule has 0 atom stereocenters. The third-order valence-electron chi connectivity index (χ3n) is 2.31. The minimum absolute atomic E-state index is 0.0171. The predicted octanol–water partition coefficient (Wildman–Crippen LogP) is 1.48. The van der Waals surface area contributed by atoms with Crippen LogP contribution in [0.4, 0.5) is 19.0 Å². The Morgan fingerprint density at radius 1 is 1.44 bits per heavy atom. The molecular formula is C11H16F3N3O. The number of hydrogen-bond acceptors (Lipinski definition) is 4. The molecule has 102 valence electrons. The van der Waals surface area contributed by atoms with Crippen molar-refractivity contribution in [2.24, 2.45) is 0 Å². The molecule has 4 nitrogen and oxygen atoms in total. The van der Waals surface area contributed by atoms with Crippen LogP contribution in [0.15, 0.2) is 18.3 Å².